The zero-order chi connectivity index (χ0) is 11.3. The Kier molecular flexibility index (Phi) is 4.12. The maximum atomic E-state index is 10.7. The Morgan fingerprint density at radius 3 is 2.67 bits per heavy atom. The van der Waals surface area contributed by atoms with E-state index in [0.717, 1.165) is 5.56 Å². The molecule has 0 bridgehead atoms. The van der Waals surface area contributed by atoms with Crippen molar-refractivity contribution in [3.05, 3.63) is 29.3 Å². The minimum atomic E-state index is -0.878. The molecular formula is C11H14O4. The van der Waals surface area contributed by atoms with Crippen molar-refractivity contribution in [2.75, 3.05) is 14.2 Å². The van der Waals surface area contributed by atoms with Crippen LogP contribution in [0.25, 0.3) is 0 Å². The maximum Gasteiger partial charge on any atom is 0.307 e. The molecule has 4 heteroatoms. The van der Waals surface area contributed by atoms with Crippen LogP contribution in [-0.4, -0.2) is 25.3 Å². The van der Waals surface area contributed by atoms with Crippen LogP contribution in [0.2, 0.25) is 0 Å². The van der Waals surface area contributed by atoms with E-state index in [2.05, 4.69) is 0 Å². The van der Waals surface area contributed by atoms with E-state index in [-0.39, 0.29) is 6.42 Å². The fourth-order valence-electron chi connectivity index (χ4n) is 1.44. The van der Waals surface area contributed by atoms with Gasteiger partial charge in [0, 0.05) is 12.7 Å². The summed E-state index contributed by atoms with van der Waals surface area (Å²) in [4.78, 5) is 10.7. The van der Waals surface area contributed by atoms with E-state index in [1.807, 2.05) is 12.1 Å². The highest BCUT2D eigenvalue weighted by atomic mass is 16.5. The van der Waals surface area contributed by atoms with Crippen LogP contribution in [0.3, 0.4) is 0 Å². The van der Waals surface area contributed by atoms with Crippen LogP contribution in [0.5, 0.6) is 5.75 Å². The third kappa shape index (κ3) is 2.95. The normalized spacial score (nSPS) is 10.0. The van der Waals surface area contributed by atoms with Crippen molar-refractivity contribution in [2.45, 2.75) is 13.0 Å². The molecule has 15 heavy (non-hydrogen) atoms. The summed E-state index contributed by atoms with van der Waals surface area (Å²) in [5, 5.41) is 8.78. The Labute approximate surface area is 88.4 Å². The Bertz CT molecular complexity index is 346. The van der Waals surface area contributed by atoms with Crippen molar-refractivity contribution in [1.29, 1.82) is 0 Å². The minimum absolute atomic E-state index is 0.0529. The van der Waals surface area contributed by atoms with Gasteiger partial charge in [-0.25, -0.2) is 0 Å². The average Bonchev–Trinajstić information content (AvgIpc) is 2.20. The predicted octanol–water partition coefficient (Wildman–Crippen LogP) is 1.47. The fraction of sp³-hybridized carbons (Fsp3) is 0.364. The van der Waals surface area contributed by atoms with Crippen LogP contribution in [-0.2, 0) is 22.6 Å². The predicted molar refractivity (Wildman–Crippen MR) is 55.0 cm³/mol. The van der Waals surface area contributed by atoms with E-state index in [4.69, 9.17) is 14.6 Å². The topological polar surface area (TPSA) is 55.8 Å². The number of aliphatic carboxylic acids is 1. The van der Waals surface area contributed by atoms with Crippen LogP contribution in [0.4, 0.5) is 0 Å². The summed E-state index contributed by atoms with van der Waals surface area (Å²) in [5.41, 5.74) is 1.52. The molecule has 82 valence electrons. The SMILES string of the molecule is COCc1cccc(OC)c1CC(=O)O. The lowest BCUT2D eigenvalue weighted by Crippen LogP contribution is -2.06. The van der Waals surface area contributed by atoms with E-state index in [1.165, 1.54) is 7.11 Å². The standard InChI is InChI=1S/C11H14O4/c1-14-7-8-4-3-5-10(15-2)9(8)6-11(12)13/h3-5H,6-7H2,1-2H3,(H,12,13). The third-order valence-electron chi connectivity index (χ3n) is 2.08. The molecular weight excluding hydrogens is 196 g/mol. The molecule has 0 unspecified atom stereocenters. The molecule has 1 N–H and O–H groups in total. The molecule has 0 aliphatic heterocycles. The van der Waals surface area contributed by atoms with E-state index in [9.17, 15) is 4.79 Å². The van der Waals surface area contributed by atoms with E-state index < -0.39 is 5.97 Å². The highest BCUT2D eigenvalue weighted by Gasteiger charge is 2.12. The smallest absolute Gasteiger partial charge is 0.307 e. The number of hydrogen-bond acceptors (Lipinski definition) is 3. The van der Waals surface area contributed by atoms with Crippen LogP contribution in [0.15, 0.2) is 18.2 Å². The summed E-state index contributed by atoms with van der Waals surface area (Å²) >= 11 is 0. The second-order valence-electron chi connectivity index (χ2n) is 3.10. The maximum absolute atomic E-state index is 10.7. The second-order valence-corrected chi connectivity index (χ2v) is 3.10. The summed E-state index contributed by atoms with van der Waals surface area (Å²) in [6, 6.07) is 5.40. The quantitative estimate of drug-likeness (QED) is 0.799. The van der Waals surface area contributed by atoms with Gasteiger partial charge in [-0.3, -0.25) is 4.79 Å². The van der Waals surface area contributed by atoms with Crippen molar-refractivity contribution in [2.24, 2.45) is 0 Å². The van der Waals surface area contributed by atoms with Gasteiger partial charge in [-0.2, -0.15) is 0 Å². The number of methoxy groups -OCH3 is 2. The summed E-state index contributed by atoms with van der Waals surface area (Å²) < 4.78 is 10.1. The zero-order valence-electron chi connectivity index (χ0n) is 8.82. The molecule has 0 saturated carbocycles. The lowest BCUT2D eigenvalue weighted by atomic mass is 10.0. The van der Waals surface area contributed by atoms with Gasteiger partial charge in [0.2, 0.25) is 0 Å². The number of carbonyl (C=O) groups is 1. The van der Waals surface area contributed by atoms with Crippen LogP contribution in [0.1, 0.15) is 11.1 Å². The van der Waals surface area contributed by atoms with E-state index in [0.29, 0.717) is 17.9 Å². The van der Waals surface area contributed by atoms with Gasteiger partial charge in [0.25, 0.3) is 0 Å². The van der Waals surface area contributed by atoms with Gasteiger partial charge < -0.3 is 14.6 Å². The van der Waals surface area contributed by atoms with Crippen LogP contribution >= 0.6 is 0 Å². The molecule has 0 saturated heterocycles. The monoisotopic (exact) mass is 210 g/mol. The lowest BCUT2D eigenvalue weighted by Gasteiger charge is -2.11. The molecule has 0 radical (unpaired) electrons. The summed E-state index contributed by atoms with van der Waals surface area (Å²) in [6.45, 7) is 0.389. The number of hydrogen-bond donors (Lipinski definition) is 1. The molecule has 0 amide bonds. The molecule has 0 aromatic heterocycles. The number of ether oxygens (including phenoxy) is 2. The first kappa shape index (κ1) is 11.5. The Balaban J connectivity index is 3.08. The molecule has 0 aliphatic carbocycles. The van der Waals surface area contributed by atoms with Crippen molar-refractivity contribution in [3.63, 3.8) is 0 Å². The zero-order valence-corrected chi connectivity index (χ0v) is 8.82. The molecule has 0 aliphatic rings. The minimum Gasteiger partial charge on any atom is -0.496 e. The number of benzene rings is 1. The highest BCUT2D eigenvalue weighted by molar-refractivity contribution is 5.72. The average molecular weight is 210 g/mol. The molecule has 1 aromatic carbocycles. The second kappa shape index (κ2) is 5.36. The third-order valence-corrected chi connectivity index (χ3v) is 2.08. The molecule has 1 rings (SSSR count). The highest BCUT2D eigenvalue weighted by Crippen LogP contribution is 2.23. The first-order valence-electron chi connectivity index (χ1n) is 4.54. The Hall–Kier alpha value is -1.55. The molecule has 1 aromatic rings. The Morgan fingerprint density at radius 2 is 2.13 bits per heavy atom. The van der Waals surface area contributed by atoms with Crippen molar-refractivity contribution in [1.82, 2.24) is 0 Å². The molecule has 0 atom stereocenters. The van der Waals surface area contributed by atoms with Crippen molar-refractivity contribution in [3.8, 4) is 5.75 Å². The van der Waals surface area contributed by atoms with Gasteiger partial charge in [0.15, 0.2) is 0 Å². The van der Waals surface area contributed by atoms with Gasteiger partial charge in [0.1, 0.15) is 5.75 Å². The van der Waals surface area contributed by atoms with Crippen molar-refractivity contribution < 1.29 is 19.4 Å². The Morgan fingerprint density at radius 1 is 1.40 bits per heavy atom. The first-order chi connectivity index (χ1) is 7.19. The lowest BCUT2D eigenvalue weighted by molar-refractivity contribution is -0.136. The largest absolute Gasteiger partial charge is 0.496 e. The number of carboxylic acids is 1. The number of carboxylic acid groups (broad SMARTS) is 1. The van der Waals surface area contributed by atoms with Gasteiger partial charge in [0.05, 0.1) is 20.1 Å². The van der Waals surface area contributed by atoms with Gasteiger partial charge in [-0.05, 0) is 11.6 Å². The van der Waals surface area contributed by atoms with Gasteiger partial charge >= 0.3 is 5.97 Å². The van der Waals surface area contributed by atoms with Gasteiger partial charge in [-0.1, -0.05) is 12.1 Å². The molecule has 4 nitrogen and oxygen atoms in total. The fourth-order valence-corrected chi connectivity index (χ4v) is 1.44. The van der Waals surface area contributed by atoms with Gasteiger partial charge in [-0.15, -0.1) is 0 Å². The summed E-state index contributed by atoms with van der Waals surface area (Å²) in [6.07, 6.45) is -0.0529. The van der Waals surface area contributed by atoms with E-state index in [1.54, 1.807) is 13.2 Å². The van der Waals surface area contributed by atoms with Crippen LogP contribution < -0.4 is 4.74 Å². The number of rotatable bonds is 5. The molecule has 0 fully saturated rings. The summed E-state index contributed by atoms with van der Waals surface area (Å²) in [5.74, 6) is -0.288. The first-order valence-corrected chi connectivity index (χ1v) is 4.54. The van der Waals surface area contributed by atoms with E-state index >= 15 is 0 Å². The summed E-state index contributed by atoms with van der Waals surface area (Å²) in [7, 11) is 3.10. The van der Waals surface area contributed by atoms with Crippen molar-refractivity contribution >= 4 is 5.97 Å². The molecule has 0 spiro atoms. The van der Waals surface area contributed by atoms with Crippen LogP contribution in [0, 0.1) is 0 Å². The molecule has 0 heterocycles.